The molecular weight excluding hydrogens is 268 g/mol. The molecule has 6 nitrogen and oxygen atoms in total. The number of para-hydroxylation sites is 1. The van der Waals surface area contributed by atoms with Gasteiger partial charge in [0.05, 0.1) is 22.0 Å². The van der Waals surface area contributed by atoms with Gasteiger partial charge in [0.15, 0.2) is 0 Å². The first-order chi connectivity index (χ1) is 9.00. The van der Waals surface area contributed by atoms with Gasteiger partial charge in [-0.05, 0) is 12.1 Å². The van der Waals surface area contributed by atoms with E-state index in [1.807, 2.05) is 0 Å². The summed E-state index contributed by atoms with van der Waals surface area (Å²) < 4.78 is 0. The maximum atomic E-state index is 11.3. The Morgan fingerprint density at radius 2 is 1.95 bits per heavy atom. The molecule has 0 atom stereocenters. The molecule has 6 N–H and O–H groups in total. The summed E-state index contributed by atoms with van der Waals surface area (Å²) in [4.78, 5) is 25.2. The van der Waals surface area contributed by atoms with E-state index in [9.17, 15) is 9.59 Å². The first-order valence-electron chi connectivity index (χ1n) is 5.33. The fraction of sp³-hybridized carbons (Fsp3) is 0. The first kappa shape index (κ1) is 13.0. The van der Waals surface area contributed by atoms with Crippen LogP contribution in [0.25, 0.3) is 11.3 Å². The van der Waals surface area contributed by atoms with Gasteiger partial charge in [0.2, 0.25) is 0 Å². The van der Waals surface area contributed by atoms with E-state index in [2.05, 4.69) is 10.3 Å². The lowest BCUT2D eigenvalue weighted by molar-refractivity contribution is 0.100. The summed E-state index contributed by atoms with van der Waals surface area (Å²) in [5.41, 5.74) is 12.0. The molecule has 3 amide bonds. The molecule has 0 unspecified atom stereocenters. The van der Waals surface area contributed by atoms with Gasteiger partial charge in [-0.15, -0.1) is 0 Å². The van der Waals surface area contributed by atoms with Crippen molar-refractivity contribution in [2.75, 3.05) is 5.32 Å². The summed E-state index contributed by atoms with van der Waals surface area (Å²) in [6.45, 7) is 0. The number of nitrogens with two attached hydrogens (primary N) is 2. The van der Waals surface area contributed by atoms with Crippen LogP contribution in [-0.4, -0.2) is 16.9 Å². The molecule has 1 aromatic carbocycles. The van der Waals surface area contributed by atoms with Crippen LogP contribution in [0.15, 0.2) is 30.5 Å². The Kier molecular flexibility index (Phi) is 3.43. The van der Waals surface area contributed by atoms with Crippen molar-refractivity contribution < 1.29 is 9.59 Å². The molecule has 0 spiro atoms. The number of amides is 3. The summed E-state index contributed by atoms with van der Waals surface area (Å²) in [5.74, 6) is -0.582. The zero-order valence-corrected chi connectivity index (χ0v) is 10.5. The number of hydrogen-bond acceptors (Lipinski definition) is 2. The second kappa shape index (κ2) is 5.03. The van der Waals surface area contributed by atoms with E-state index in [0.717, 1.165) is 0 Å². The average molecular weight is 279 g/mol. The van der Waals surface area contributed by atoms with Gasteiger partial charge in [-0.3, -0.25) is 4.79 Å². The van der Waals surface area contributed by atoms with Gasteiger partial charge < -0.3 is 21.8 Å². The van der Waals surface area contributed by atoms with Crippen LogP contribution in [0, 0.1) is 0 Å². The lowest BCUT2D eigenvalue weighted by Crippen LogP contribution is -2.20. The van der Waals surface area contributed by atoms with E-state index in [1.54, 1.807) is 30.5 Å². The van der Waals surface area contributed by atoms with Crippen molar-refractivity contribution in [2.24, 2.45) is 11.5 Å². The fourth-order valence-electron chi connectivity index (χ4n) is 1.78. The van der Waals surface area contributed by atoms with E-state index in [0.29, 0.717) is 27.5 Å². The van der Waals surface area contributed by atoms with Crippen LogP contribution in [0.3, 0.4) is 0 Å². The lowest BCUT2D eigenvalue weighted by Gasteiger charge is -2.11. The normalized spacial score (nSPS) is 10.2. The number of benzene rings is 1. The number of H-pyrrole nitrogens is 1. The van der Waals surface area contributed by atoms with Crippen LogP contribution in [0.2, 0.25) is 5.02 Å². The second-order valence-corrected chi connectivity index (χ2v) is 4.19. The molecule has 0 fully saturated rings. The van der Waals surface area contributed by atoms with E-state index in [1.165, 1.54) is 0 Å². The Morgan fingerprint density at radius 1 is 1.21 bits per heavy atom. The van der Waals surface area contributed by atoms with Gasteiger partial charge in [0, 0.05) is 11.8 Å². The van der Waals surface area contributed by atoms with Crippen molar-refractivity contribution in [3.8, 4) is 11.3 Å². The number of halogens is 1. The van der Waals surface area contributed by atoms with Crippen molar-refractivity contribution in [1.82, 2.24) is 4.98 Å². The summed E-state index contributed by atoms with van der Waals surface area (Å²) in [7, 11) is 0. The molecule has 1 heterocycles. The SMILES string of the molecule is NC(=O)Nc1c(Cl)cccc1-c1[nH]ccc1C(N)=O. The number of carbonyl (C=O) groups excluding carboxylic acids is 2. The van der Waals surface area contributed by atoms with Crippen LogP contribution in [0.5, 0.6) is 0 Å². The second-order valence-electron chi connectivity index (χ2n) is 3.78. The Morgan fingerprint density at radius 3 is 2.58 bits per heavy atom. The van der Waals surface area contributed by atoms with Crippen molar-refractivity contribution in [1.29, 1.82) is 0 Å². The molecule has 0 aliphatic heterocycles. The fourth-order valence-corrected chi connectivity index (χ4v) is 2.00. The van der Waals surface area contributed by atoms with E-state index < -0.39 is 11.9 Å². The van der Waals surface area contributed by atoms with Crippen LogP contribution < -0.4 is 16.8 Å². The smallest absolute Gasteiger partial charge is 0.316 e. The maximum absolute atomic E-state index is 11.3. The maximum Gasteiger partial charge on any atom is 0.316 e. The van der Waals surface area contributed by atoms with Crippen LogP contribution in [0.4, 0.5) is 10.5 Å². The number of primary amides is 2. The first-order valence-corrected chi connectivity index (χ1v) is 5.71. The number of carbonyl (C=O) groups is 2. The Balaban J connectivity index is 2.61. The Hall–Kier alpha value is -2.47. The van der Waals surface area contributed by atoms with Gasteiger partial charge in [-0.25, -0.2) is 4.79 Å². The standard InChI is InChI=1S/C12H11ClN4O2/c13-8-3-1-2-6(10(8)17-12(15)19)9-7(11(14)18)4-5-16-9/h1-5,16H,(H2,14,18)(H3,15,17,19). The van der Waals surface area contributed by atoms with Gasteiger partial charge in [0.1, 0.15) is 0 Å². The molecule has 7 heteroatoms. The molecule has 2 aromatic rings. The van der Waals surface area contributed by atoms with Gasteiger partial charge >= 0.3 is 6.03 Å². The molecule has 0 radical (unpaired) electrons. The van der Waals surface area contributed by atoms with Gasteiger partial charge in [0.25, 0.3) is 5.91 Å². The Bertz CT molecular complexity index is 651. The number of urea groups is 1. The third-order valence-corrected chi connectivity index (χ3v) is 2.86. The number of anilines is 1. The Labute approximate surface area is 113 Å². The van der Waals surface area contributed by atoms with Gasteiger partial charge in [-0.1, -0.05) is 23.7 Å². The minimum Gasteiger partial charge on any atom is -0.366 e. The highest BCUT2D eigenvalue weighted by Gasteiger charge is 2.16. The van der Waals surface area contributed by atoms with E-state index >= 15 is 0 Å². The molecular formula is C12H11ClN4O2. The zero-order chi connectivity index (χ0) is 14.0. The third kappa shape index (κ3) is 2.53. The summed E-state index contributed by atoms with van der Waals surface area (Å²) in [6, 6.07) is 5.78. The predicted octanol–water partition coefficient (Wildman–Crippen LogP) is 1.92. The number of rotatable bonds is 3. The minimum absolute atomic E-state index is 0.301. The average Bonchev–Trinajstić information content (AvgIpc) is 2.80. The molecule has 0 saturated carbocycles. The molecule has 2 rings (SSSR count). The molecule has 0 aliphatic rings. The van der Waals surface area contributed by atoms with Crippen molar-refractivity contribution in [3.05, 3.63) is 41.0 Å². The lowest BCUT2D eigenvalue weighted by atomic mass is 10.1. The predicted molar refractivity (Wildman–Crippen MR) is 73.0 cm³/mol. The number of hydrogen-bond donors (Lipinski definition) is 4. The number of nitrogens with one attached hydrogen (secondary N) is 2. The van der Waals surface area contributed by atoms with E-state index in [4.69, 9.17) is 23.1 Å². The summed E-state index contributed by atoms with van der Waals surface area (Å²) in [5, 5.41) is 2.74. The van der Waals surface area contributed by atoms with Crippen molar-refractivity contribution in [2.45, 2.75) is 0 Å². The topological polar surface area (TPSA) is 114 Å². The highest BCUT2D eigenvalue weighted by atomic mass is 35.5. The molecule has 0 saturated heterocycles. The quantitative estimate of drug-likeness (QED) is 0.687. The van der Waals surface area contributed by atoms with Crippen LogP contribution in [0.1, 0.15) is 10.4 Å². The molecule has 19 heavy (non-hydrogen) atoms. The van der Waals surface area contributed by atoms with Crippen LogP contribution in [-0.2, 0) is 0 Å². The third-order valence-electron chi connectivity index (χ3n) is 2.54. The molecule has 98 valence electrons. The van der Waals surface area contributed by atoms with E-state index in [-0.39, 0.29) is 0 Å². The van der Waals surface area contributed by atoms with Gasteiger partial charge in [-0.2, -0.15) is 0 Å². The van der Waals surface area contributed by atoms with Crippen molar-refractivity contribution in [3.63, 3.8) is 0 Å². The summed E-state index contributed by atoms with van der Waals surface area (Å²) >= 11 is 6.02. The highest BCUT2D eigenvalue weighted by molar-refractivity contribution is 6.34. The van der Waals surface area contributed by atoms with Crippen molar-refractivity contribution >= 4 is 29.2 Å². The zero-order valence-electron chi connectivity index (χ0n) is 9.74. The molecule has 0 bridgehead atoms. The highest BCUT2D eigenvalue weighted by Crippen LogP contribution is 2.34. The largest absolute Gasteiger partial charge is 0.366 e. The summed E-state index contributed by atoms with van der Waals surface area (Å²) in [6.07, 6.45) is 1.57. The minimum atomic E-state index is -0.749. The monoisotopic (exact) mass is 278 g/mol. The number of aromatic nitrogens is 1. The van der Waals surface area contributed by atoms with Crippen LogP contribution >= 0.6 is 11.6 Å². The molecule has 1 aromatic heterocycles. The molecule has 0 aliphatic carbocycles. The number of aromatic amines is 1.